The molecule has 0 saturated carbocycles. The Balaban J connectivity index is 2.02. The minimum Gasteiger partial charge on any atom is -0.494 e. The van der Waals surface area contributed by atoms with Gasteiger partial charge < -0.3 is 4.74 Å². The van der Waals surface area contributed by atoms with Gasteiger partial charge >= 0.3 is 0 Å². The lowest BCUT2D eigenvalue weighted by Gasteiger charge is -2.17. The third-order valence-electron chi connectivity index (χ3n) is 3.00. The average Bonchev–Trinajstić information content (AvgIpc) is 2.50. The van der Waals surface area contributed by atoms with Crippen LogP contribution >= 0.6 is 23.2 Å². The summed E-state index contributed by atoms with van der Waals surface area (Å²) in [7, 11) is 1.90. The summed E-state index contributed by atoms with van der Waals surface area (Å²) in [6, 6.07) is 7.84. The topological polar surface area (TPSA) is 47.4 Å². The normalized spacial score (nSPS) is 11.0. The Morgan fingerprint density at radius 1 is 1.27 bits per heavy atom. The zero-order valence-corrected chi connectivity index (χ0v) is 13.9. The van der Waals surface area contributed by atoms with Gasteiger partial charge in [-0.1, -0.05) is 35.3 Å². The predicted molar refractivity (Wildman–Crippen MR) is 87.6 cm³/mol. The Morgan fingerprint density at radius 2 is 1.95 bits per heavy atom. The zero-order chi connectivity index (χ0) is 16.1. The van der Waals surface area contributed by atoms with Gasteiger partial charge in [0, 0.05) is 6.54 Å². The number of halogens is 2. The van der Waals surface area contributed by atoms with Crippen LogP contribution in [0.4, 0.5) is 0 Å². The molecule has 0 aliphatic carbocycles. The van der Waals surface area contributed by atoms with Crippen molar-refractivity contribution in [3.63, 3.8) is 0 Å². The quantitative estimate of drug-likeness (QED) is 0.810. The Hall–Kier alpha value is -1.56. The van der Waals surface area contributed by atoms with E-state index in [4.69, 9.17) is 27.9 Å². The molecule has 0 unspecified atom stereocenters. The molecular formula is C15H17Cl2N3O2. The minimum atomic E-state index is -0.396. The minimum absolute atomic E-state index is 0.00821. The monoisotopic (exact) mass is 341 g/mol. The molecule has 118 valence electrons. The van der Waals surface area contributed by atoms with Gasteiger partial charge in [-0.3, -0.25) is 9.69 Å². The molecule has 1 aromatic carbocycles. The van der Waals surface area contributed by atoms with Crippen molar-refractivity contribution in [2.24, 2.45) is 0 Å². The Kier molecular flexibility index (Phi) is 5.83. The molecule has 2 rings (SSSR count). The Morgan fingerprint density at radius 3 is 2.59 bits per heavy atom. The van der Waals surface area contributed by atoms with Crippen LogP contribution in [0, 0.1) is 0 Å². The van der Waals surface area contributed by atoms with Crippen LogP contribution in [0.3, 0.4) is 0 Å². The highest BCUT2D eigenvalue weighted by atomic mass is 35.5. The molecule has 1 aromatic heterocycles. The first kappa shape index (κ1) is 16.8. The third kappa shape index (κ3) is 4.22. The second kappa shape index (κ2) is 7.63. The lowest BCUT2D eigenvalue weighted by atomic mass is 10.2. The van der Waals surface area contributed by atoms with E-state index in [9.17, 15) is 4.79 Å². The van der Waals surface area contributed by atoms with Crippen LogP contribution in [-0.4, -0.2) is 28.3 Å². The van der Waals surface area contributed by atoms with E-state index in [2.05, 4.69) is 5.10 Å². The molecule has 2 aromatic rings. The van der Waals surface area contributed by atoms with Crippen LogP contribution < -0.4 is 10.3 Å². The van der Waals surface area contributed by atoms with Crippen LogP contribution in [0.5, 0.6) is 5.75 Å². The summed E-state index contributed by atoms with van der Waals surface area (Å²) in [6.07, 6.45) is 1.37. The first-order valence-electron chi connectivity index (χ1n) is 6.82. The molecular weight excluding hydrogens is 325 g/mol. The number of hydrogen-bond donors (Lipinski definition) is 0. The summed E-state index contributed by atoms with van der Waals surface area (Å²) in [5, 5.41) is 4.14. The Bertz CT molecular complexity index is 686. The predicted octanol–water partition coefficient (Wildman–Crippen LogP) is 3.04. The number of ether oxygens (including phenoxy) is 1. The van der Waals surface area contributed by atoms with Gasteiger partial charge in [-0.05, 0) is 31.7 Å². The second-order valence-electron chi connectivity index (χ2n) is 4.84. The SMILES string of the molecule is CCOc1ccc(CN(C)Cn2ncc(Cl)c(Cl)c2=O)cc1. The van der Waals surface area contributed by atoms with Crippen LogP contribution in [0.25, 0.3) is 0 Å². The fourth-order valence-corrected chi connectivity index (χ4v) is 2.26. The molecule has 22 heavy (non-hydrogen) atoms. The summed E-state index contributed by atoms with van der Waals surface area (Å²) in [6.45, 7) is 3.58. The van der Waals surface area contributed by atoms with E-state index < -0.39 is 5.56 Å². The van der Waals surface area contributed by atoms with Crippen molar-refractivity contribution in [3.05, 3.63) is 56.4 Å². The maximum atomic E-state index is 11.9. The van der Waals surface area contributed by atoms with Crippen molar-refractivity contribution in [2.75, 3.05) is 13.7 Å². The van der Waals surface area contributed by atoms with Gasteiger partial charge in [0.2, 0.25) is 0 Å². The van der Waals surface area contributed by atoms with Crippen molar-refractivity contribution in [1.82, 2.24) is 14.7 Å². The van der Waals surface area contributed by atoms with Crippen LogP contribution in [0.1, 0.15) is 12.5 Å². The first-order valence-corrected chi connectivity index (χ1v) is 7.58. The fourth-order valence-electron chi connectivity index (χ4n) is 1.99. The van der Waals surface area contributed by atoms with E-state index in [-0.39, 0.29) is 10.0 Å². The highest BCUT2D eigenvalue weighted by Crippen LogP contribution is 2.15. The van der Waals surface area contributed by atoms with Gasteiger partial charge in [-0.2, -0.15) is 5.10 Å². The van der Waals surface area contributed by atoms with Crippen LogP contribution in [0.2, 0.25) is 10.0 Å². The third-order valence-corrected chi connectivity index (χ3v) is 3.75. The molecule has 0 aliphatic rings. The summed E-state index contributed by atoms with van der Waals surface area (Å²) in [5.74, 6) is 0.844. The molecule has 0 atom stereocenters. The molecule has 0 bridgehead atoms. The lowest BCUT2D eigenvalue weighted by molar-refractivity contribution is 0.240. The summed E-state index contributed by atoms with van der Waals surface area (Å²) in [5.41, 5.74) is 0.715. The Labute approximate surface area is 139 Å². The largest absolute Gasteiger partial charge is 0.494 e. The van der Waals surface area contributed by atoms with Gasteiger partial charge in [0.1, 0.15) is 10.8 Å². The highest BCUT2D eigenvalue weighted by Gasteiger charge is 2.09. The van der Waals surface area contributed by atoms with E-state index in [1.165, 1.54) is 10.9 Å². The van der Waals surface area contributed by atoms with E-state index >= 15 is 0 Å². The molecule has 0 N–H and O–H groups in total. The molecule has 0 radical (unpaired) electrons. The number of rotatable bonds is 6. The second-order valence-corrected chi connectivity index (χ2v) is 5.63. The smallest absolute Gasteiger partial charge is 0.288 e. The van der Waals surface area contributed by atoms with Gasteiger partial charge in [0.15, 0.2) is 0 Å². The lowest BCUT2D eigenvalue weighted by Crippen LogP contribution is -2.31. The van der Waals surface area contributed by atoms with E-state index in [0.29, 0.717) is 19.8 Å². The van der Waals surface area contributed by atoms with Crippen LogP contribution in [0.15, 0.2) is 35.3 Å². The molecule has 1 heterocycles. The first-order chi connectivity index (χ1) is 10.5. The maximum Gasteiger partial charge on any atom is 0.288 e. The molecule has 0 fully saturated rings. The summed E-state index contributed by atoms with van der Waals surface area (Å²) in [4.78, 5) is 13.9. The number of aromatic nitrogens is 2. The van der Waals surface area contributed by atoms with Crippen molar-refractivity contribution in [1.29, 1.82) is 0 Å². The fraction of sp³-hybridized carbons (Fsp3) is 0.333. The molecule has 5 nitrogen and oxygen atoms in total. The molecule has 0 saturated heterocycles. The van der Waals surface area contributed by atoms with E-state index in [1.54, 1.807) is 0 Å². The summed E-state index contributed by atoms with van der Waals surface area (Å²) >= 11 is 11.6. The van der Waals surface area contributed by atoms with Gasteiger partial charge in [0.25, 0.3) is 5.56 Å². The maximum absolute atomic E-state index is 11.9. The van der Waals surface area contributed by atoms with Crippen LogP contribution in [-0.2, 0) is 13.2 Å². The number of hydrogen-bond acceptors (Lipinski definition) is 4. The van der Waals surface area contributed by atoms with E-state index in [0.717, 1.165) is 11.3 Å². The average molecular weight is 342 g/mol. The van der Waals surface area contributed by atoms with Crippen molar-refractivity contribution < 1.29 is 4.74 Å². The van der Waals surface area contributed by atoms with Gasteiger partial charge in [0.05, 0.1) is 24.5 Å². The summed E-state index contributed by atoms with van der Waals surface area (Å²) < 4.78 is 6.69. The number of nitrogens with zero attached hydrogens (tertiary/aromatic N) is 3. The zero-order valence-electron chi connectivity index (χ0n) is 12.4. The molecule has 7 heteroatoms. The highest BCUT2D eigenvalue weighted by molar-refractivity contribution is 6.41. The molecule has 0 amide bonds. The molecule has 0 aliphatic heterocycles. The van der Waals surface area contributed by atoms with Crippen molar-refractivity contribution >= 4 is 23.2 Å². The van der Waals surface area contributed by atoms with Crippen molar-refractivity contribution in [2.45, 2.75) is 20.1 Å². The standard InChI is InChI=1S/C15H17Cl2N3O2/c1-3-22-12-6-4-11(5-7-12)9-19(2)10-20-15(21)14(17)13(16)8-18-20/h4-8H,3,9-10H2,1-2H3. The molecule has 0 spiro atoms. The van der Waals surface area contributed by atoms with Gasteiger partial charge in [-0.15, -0.1) is 0 Å². The van der Waals surface area contributed by atoms with Gasteiger partial charge in [-0.25, -0.2) is 4.68 Å². The van der Waals surface area contributed by atoms with E-state index in [1.807, 2.05) is 43.1 Å². The van der Waals surface area contributed by atoms with Crippen molar-refractivity contribution in [3.8, 4) is 5.75 Å². The number of benzene rings is 1.